The molecule has 4 heterocycles. The van der Waals surface area contributed by atoms with Crippen molar-refractivity contribution < 1.29 is 14.7 Å². The van der Waals surface area contributed by atoms with Crippen LogP contribution < -0.4 is 10.6 Å². The molecule has 0 saturated carbocycles. The molecule has 6 rings (SSSR count). The van der Waals surface area contributed by atoms with Crippen molar-refractivity contribution in [3.05, 3.63) is 99.9 Å². The van der Waals surface area contributed by atoms with Gasteiger partial charge in [0.1, 0.15) is 5.01 Å². The zero-order valence-corrected chi connectivity index (χ0v) is 25.0. The zero-order valence-electron chi connectivity index (χ0n) is 24.1. The highest BCUT2D eigenvalue weighted by Crippen LogP contribution is 2.35. The standard InChI is InChI=1S/C33H36N6O3S/c1-21-20-43-32(37-21)29-10-6-14-39(29)33(42)25-17-23(28-19-34-12-13-36-28)16-24(18-25)31(41)38-27(15-22-7-3-2-4-8-22)30(40)26-9-5-11-35-26/h2-4,7-8,12-13,16-20,26-27,29-30,35,40H,5-6,9-11,14-15H2,1H3,(H,38,41)/t26-,27+,29?,30-/m1/s1. The molecule has 4 atom stereocenters. The minimum absolute atomic E-state index is 0.0899. The lowest BCUT2D eigenvalue weighted by Gasteiger charge is -2.29. The number of aliphatic hydroxyl groups is 1. The van der Waals surface area contributed by atoms with E-state index in [2.05, 4.69) is 25.6 Å². The first-order valence-electron chi connectivity index (χ1n) is 14.9. The number of carbonyl (C=O) groups excluding carboxylic acids is 2. The monoisotopic (exact) mass is 596 g/mol. The third kappa shape index (κ3) is 6.66. The molecule has 0 spiro atoms. The van der Waals surface area contributed by atoms with E-state index in [4.69, 9.17) is 0 Å². The summed E-state index contributed by atoms with van der Waals surface area (Å²) in [5.41, 5.74) is 3.90. The van der Waals surface area contributed by atoms with Gasteiger partial charge < -0.3 is 20.6 Å². The van der Waals surface area contributed by atoms with Crippen LogP contribution in [0.2, 0.25) is 0 Å². The fraction of sp³-hybridized carbons (Fsp3) is 0.364. The van der Waals surface area contributed by atoms with Crippen LogP contribution in [-0.4, -0.2) is 68.0 Å². The van der Waals surface area contributed by atoms with E-state index < -0.39 is 12.1 Å². The van der Waals surface area contributed by atoms with Gasteiger partial charge in [-0.15, -0.1) is 11.3 Å². The van der Waals surface area contributed by atoms with Crippen molar-refractivity contribution in [2.45, 2.75) is 63.3 Å². The van der Waals surface area contributed by atoms with Crippen molar-refractivity contribution in [3.63, 3.8) is 0 Å². The van der Waals surface area contributed by atoms with Gasteiger partial charge in [0, 0.05) is 52.7 Å². The molecule has 2 amide bonds. The lowest BCUT2D eigenvalue weighted by molar-refractivity contribution is 0.0733. The van der Waals surface area contributed by atoms with Crippen molar-refractivity contribution in [2.75, 3.05) is 13.1 Å². The van der Waals surface area contributed by atoms with Crippen molar-refractivity contribution in [3.8, 4) is 11.3 Å². The molecular weight excluding hydrogens is 560 g/mol. The van der Waals surface area contributed by atoms with Crippen LogP contribution in [0.15, 0.2) is 72.5 Å². The summed E-state index contributed by atoms with van der Waals surface area (Å²) in [6.45, 7) is 3.43. The number of nitrogens with one attached hydrogen (secondary N) is 2. The van der Waals surface area contributed by atoms with E-state index in [9.17, 15) is 14.7 Å². The van der Waals surface area contributed by atoms with Crippen LogP contribution in [0.1, 0.15) is 68.7 Å². The second kappa shape index (κ2) is 13.1. The van der Waals surface area contributed by atoms with Gasteiger partial charge in [-0.05, 0) is 69.3 Å². The summed E-state index contributed by atoms with van der Waals surface area (Å²) < 4.78 is 0. The van der Waals surface area contributed by atoms with Gasteiger partial charge in [0.05, 0.1) is 30.1 Å². The van der Waals surface area contributed by atoms with Gasteiger partial charge in [-0.25, -0.2) is 4.98 Å². The molecule has 222 valence electrons. The lowest BCUT2D eigenvalue weighted by atomic mass is 9.94. The molecular formula is C33H36N6O3S. The first-order valence-corrected chi connectivity index (χ1v) is 15.7. The Labute approximate surface area is 255 Å². The van der Waals surface area contributed by atoms with E-state index in [1.807, 2.05) is 47.5 Å². The Bertz CT molecular complexity index is 1560. The minimum Gasteiger partial charge on any atom is -0.389 e. The molecule has 4 aromatic rings. The fourth-order valence-electron chi connectivity index (χ4n) is 6.10. The van der Waals surface area contributed by atoms with E-state index in [-0.39, 0.29) is 23.9 Å². The first-order chi connectivity index (χ1) is 21.0. The highest BCUT2D eigenvalue weighted by Gasteiger charge is 2.34. The molecule has 0 radical (unpaired) electrons. The lowest BCUT2D eigenvalue weighted by Crippen LogP contribution is -2.52. The first kappa shape index (κ1) is 29.1. The fourth-order valence-corrected chi connectivity index (χ4v) is 7.04. The smallest absolute Gasteiger partial charge is 0.254 e. The number of nitrogens with zero attached hydrogens (tertiary/aromatic N) is 4. The Morgan fingerprint density at radius 1 is 1.12 bits per heavy atom. The summed E-state index contributed by atoms with van der Waals surface area (Å²) in [4.78, 5) is 43.1. The number of amides is 2. The number of aromatic nitrogens is 3. The quantitative estimate of drug-likeness (QED) is 0.263. The third-order valence-electron chi connectivity index (χ3n) is 8.27. The van der Waals surface area contributed by atoms with E-state index in [0.29, 0.717) is 35.3 Å². The van der Waals surface area contributed by atoms with Gasteiger partial charge >= 0.3 is 0 Å². The summed E-state index contributed by atoms with van der Waals surface area (Å²) in [7, 11) is 0. The Morgan fingerprint density at radius 3 is 2.67 bits per heavy atom. The molecule has 0 aliphatic carbocycles. The number of aliphatic hydroxyl groups excluding tert-OH is 1. The topological polar surface area (TPSA) is 120 Å². The van der Waals surface area contributed by atoms with Crippen LogP contribution in [0, 0.1) is 6.92 Å². The minimum atomic E-state index is -0.775. The van der Waals surface area contributed by atoms with E-state index in [1.54, 1.807) is 48.1 Å². The molecule has 2 aromatic heterocycles. The number of rotatable bonds is 9. The van der Waals surface area contributed by atoms with Crippen molar-refractivity contribution in [2.24, 2.45) is 0 Å². The molecule has 9 nitrogen and oxygen atoms in total. The molecule has 0 bridgehead atoms. The van der Waals surface area contributed by atoms with E-state index >= 15 is 0 Å². The number of aryl methyl sites for hydroxylation is 1. The predicted octanol–water partition coefficient (Wildman–Crippen LogP) is 4.34. The molecule has 3 N–H and O–H groups in total. The molecule has 10 heteroatoms. The van der Waals surface area contributed by atoms with Crippen LogP contribution in [0.3, 0.4) is 0 Å². The van der Waals surface area contributed by atoms with Crippen LogP contribution in [0.5, 0.6) is 0 Å². The number of hydrogen-bond acceptors (Lipinski definition) is 8. The number of carbonyl (C=O) groups is 2. The Hall–Kier alpha value is -3.99. The highest BCUT2D eigenvalue weighted by atomic mass is 32.1. The number of benzene rings is 2. The number of thiazole rings is 1. The molecule has 2 saturated heterocycles. The summed E-state index contributed by atoms with van der Waals surface area (Å²) in [5.74, 6) is -0.502. The average Bonchev–Trinajstić information content (AvgIpc) is 3.83. The predicted molar refractivity (Wildman–Crippen MR) is 166 cm³/mol. The maximum absolute atomic E-state index is 14.0. The average molecular weight is 597 g/mol. The van der Waals surface area contributed by atoms with Crippen molar-refractivity contribution >= 4 is 23.2 Å². The van der Waals surface area contributed by atoms with Gasteiger partial charge in [-0.3, -0.25) is 19.6 Å². The van der Waals surface area contributed by atoms with Crippen LogP contribution in [0.25, 0.3) is 11.3 Å². The zero-order chi connectivity index (χ0) is 29.8. The van der Waals surface area contributed by atoms with Gasteiger partial charge in [-0.2, -0.15) is 0 Å². The third-order valence-corrected chi connectivity index (χ3v) is 9.34. The maximum Gasteiger partial charge on any atom is 0.254 e. The van der Waals surface area contributed by atoms with E-state index in [1.165, 1.54) is 0 Å². The molecule has 2 aliphatic heterocycles. The summed E-state index contributed by atoms with van der Waals surface area (Å²) in [6.07, 6.45) is 8.07. The molecule has 43 heavy (non-hydrogen) atoms. The molecule has 2 fully saturated rings. The van der Waals surface area contributed by atoms with Crippen LogP contribution in [-0.2, 0) is 6.42 Å². The summed E-state index contributed by atoms with van der Waals surface area (Å²) >= 11 is 1.58. The van der Waals surface area contributed by atoms with Gasteiger partial charge in [0.2, 0.25) is 0 Å². The second-order valence-corrected chi connectivity index (χ2v) is 12.2. The van der Waals surface area contributed by atoms with Gasteiger partial charge in [-0.1, -0.05) is 30.3 Å². The molecule has 2 aromatic carbocycles. The maximum atomic E-state index is 14.0. The highest BCUT2D eigenvalue weighted by molar-refractivity contribution is 7.09. The summed E-state index contributed by atoms with van der Waals surface area (Å²) in [6, 6.07) is 14.3. The Balaban J connectivity index is 1.32. The number of hydrogen-bond donors (Lipinski definition) is 3. The normalized spacial score (nSPS) is 19.7. The Kier molecular flexibility index (Phi) is 8.87. The van der Waals surface area contributed by atoms with Crippen LogP contribution >= 0.6 is 11.3 Å². The SMILES string of the molecule is Cc1csc(C2CCCN2C(=O)c2cc(C(=O)N[C@@H](Cc3ccccc3)[C@H](O)[C@H]3CCCN3)cc(-c3cnccn3)c2)n1. The molecule has 1 unspecified atom stereocenters. The summed E-state index contributed by atoms with van der Waals surface area (Å²) in [5, 5.41) is 20.8. The van der Waals surface area contributed by atoms with Gasteiger partial charge in [0.25, 0.3) is 11.8 Å². The van der Waals surface area contributed by atoms with Crippen molar-refractivity contribution in [1.82, 2.24) is 30.5 Å². The second-order valence-electron chi connectivity index (χ2n) is 11.3. The van der Waals surface area contributed by atoms with E-state index in [0.717, 1.165) is 48.5 Å². The number of likely N-dealkylation sites (tertiary alicyclic amines) is 1. The van der Waals surface area contributed by atoms with Crippen molar-refractivity contribution in [1.29, 1.82) is 0 Å². The Morgan fingerprint density at radius 2 is 1.95 bits per heavy atom. The largest absolute Gasteiger partial charge is 0.389 e. The van der Waals surface area contributed by atoms with Gasteiger partial charge in [0.15, 0.2) is 0 Å². The molecule has 2 aliphatic rings. The van der Waals surface area contributed by atoms with Crippen LogP contribution in [0.4, 0.5) is 0 Å².